The average Bonchev–Trinajstić information content (AvgIpc) is 2.74. The molecular formula is C24H31N3O4. The van der Waals surface area contributed by atoms with E-state index in [-0.39, 0.29) is 18.4 Å². The molecule has 2 rings (SSSR count). The summed E-state index contributed by atoms with van der Waals surface area (Å²) in [5, 5.41) is 8.36. The van der Waals surface area contributed by atoms with Crippen LogP contribution in [0.25, 0.3) is 0 Å². The van der Waals surface area contributed by atoms with E-state index in [1.807, 2.05) is 68.4 Å². The number of nitrogens with one attached hydrogen (secondary N) is 3. The van der Waals surface area contributed by atoms with E-state index in [0.29, 0.717) is 38.3 Å². The van der Waals surface area contributed by atoms with Crippen molar-refractivity contribution in [3.05, 3.63) is 65.7 Å². The summed E-state index contributed by atoms with van der Waals surface area (Å²) in [6.45, 7) is 4.94. The monoisotopic (exact) mass is 425 g/mol. The van der Waals surface area contributed by atoms with Gasteiger partial charge < -0.3 is 20.7 Å². The molecule has 2 aromatic rings. The second-order valence-corrected chi connectivity index (χ2v) is 7.72. The highest BCUT2D eigenvalue weighted by molar-refractivity contribution is 5.90. The molecule has 0 radical (unpaired) electrons. The Balaban J connectivity index is 1.61. The lowest BCUT2D eigenvalue weighted by Crippen LogP contribution is -2.27. The molecule has 31 heavy (non-hydrogen) atoms. The van der Waals surface area contributed by atoms with E-state index in [1.165, 1.54) is 0 Å². The molecule has 0 aromatic heterocycles. The van der Waals surface area contributed by atoms with Crippen LogP contribution in [-0.2, 0) is 27.5 Å². The predicted molar refractivity (Wildman–Crippen MR) is 120 cm³/mol. The first-order chi connectivity index (χ1) is 14.9. The van der Waals surface area contributed by atoms with E-state index >= 15 is 0 Å². The fourth-order valence-electron chi connectivity index (χ4n) is 2.84. The Morgan fingerprint density at radius 3 is 2.39 bits per heavy atom. The number of anilines is 1. The Hall–Kier alpha value is -3.35. The van der Waals surface area contributed by atoms with E-state index in [2.05, 4.69) is 16.0 Å². The molecule has 0 unspecified atom stereocenters. The van der Waals surface area contributed by atoms with Gasteiger partial charge in [-0.2, -0.15) is 0 Å². The maximum atomic E-state index is 12.0. The number of benzene rings is 2. The summed E-state index contributed by atoms with van der Waals surface area (Å²) in [7, 11) is 0. The van der Waals surface area contributed by atoms with Gasteiger partial charge in [-0.25, -0.2) is 4.79 Å². The zero-order valence-corrected chi connectivity index (χ0v) is 18.1. The standard InChI is InChI=1S/C24H31N3O4/c1-18(2)14-23(29)27-21-11-6-10-20(15-21)16-26-22(28)12-7-13-25-24(30)31-17-19-8-4-3-5-9-19/h3-6,8-11,15,18H,7,12-14,16-17H2,1-2H3,(H,25,30)(H,26,28)(H,27,29). The zero-order chi connectivity index (χ0) is 22.5. The molecular weight excluding hydrogens is 394 g/mol. The third-order valence-corrected chi connectivity index (χ3v) is 4.36. The minimum Gasteiger partial charge on any atom is -0.445 e. The molecule has 0 aliphatic rings. The number of hydrogen-bond acceptors (Lipinski definition) is 4. The molecule has 3 amide bonds. The number of carbonyl (C=O) groups excluding carboxylic acids is 3. The Labute approximate surface area is 183 Å². The smallest absolute Gasteiger partial charge is 0.407 e. The van der Waals surface area contributed by atoms with Crippen molar-refractivity contribution in [2.24, 2.45) is 5.92 Å². The highest BCUT2D eigenvalue weighted by Crippen LogP contribution is 2.12. The maximum absolute atomic E-state index is 12.0. The fourth-order valence-corrected chi connectivity index (χ4v) is 2.84. The van der Waals surface area contributed by atoms with E-state index in [1.54, 1.807) is 0 Å². The Kier molecular flexibility index (Phi) is 10.1. The van der Waals surface area contributed by atoms with Crippen molar-refractivity contribution >= 4 is 23.6 Å². The number of rotatable bonds is 11. The van der Waals surface area contributed by atoms with Gasteiger partial charge in [0.2, 0.25) is 11.8 Å². The molecule has 166 valence electrons. The summed E-state index contributed by atoms with van der Waals surface area (Å²) >= 11 is 0. The van der Waals surface area contributed by atoms with Gasteiger partial charge in [0.25, 0.3) is 0 Å². The normalized spacial score (nSPS) is 10.4. The SMILES string of the molecule is CC(C)CC(=O)Nc1cccc(CNC(=O)CCCNC(=O)OCc2ccccc2)c1. The molecule has 2 aromatic carbocycles. The molecule has 7 nitrogen and oxygen atoms in total. The van der Waals surface area contributed by atoms with Gasteiger partial charge in [-0.05, 0) is 35.6 Å². The third-order valence-electron chi connectivity index (χ3n) is 4.36. The van der Waals surface area contributed by atoms with Crippen molar-refractivity contribution in [2.45, 2.75) is 46.3 Å². The van der Waals surface area contributed by atoms with Crippen molar-refractivity contribution in [2.75, 3.05) is 11.9 Å². The van der Waals surface area contributed by atoms with Gasteiger partial charge in [0, 0.05) is 31.6 Å². The minimum absolute atomic E-state index is 0.0222. The number of alkyl carbamates (subject to hydrolysis) is 1. The highest BCUT2D eigenvalue weighted by Gasteiger charge is 2.07. The zero-order valence-electron chi connectivity index (χ0n) is 18.1. The lowest BCUT2D eigenvalue weighted by Gasteiger charge is -2.10. The first-order valence-electron chi connectivity index (χ1n) is 10.5. The summed E-state index contributed by atoms with van der Waals surface area (Å²) in [5.41, 5.74) is 2.54. The van der Waals surface area contributed by atoms with E-state index < -0.39 is 6.09 Å². The summed E-state index contributed by atoms with van der Waals surface area (Å²) in [5.74, 6) is 0.169. The largest absolute Gasteiger partial charge is 0.445 e. The maximum Gasteiger partial charge on any atom is 0.407 e. The number of carbonyl (C=O) groups is 3. The topological polar surface area (TPSA) is 96.5 Å². The van der Waals surface area contributed by atoms with Gasteiger partial charge >= 0.3 is 6.09 Å². The highest BCUT2D eigenvalue weighted by atomic mass is 16.5. The summed E-state index contributed by atoms with van der Waals surface area (Å²) in [6, 6.07) is 16.8. The Bertz CT molecular complexity index is 853. The van der Waals surface area contributed by atoms with E-state index in [9.17, 15) is 14.4 Å². The van der Waals surface area contributed by atoms with Crippen molar-refractivity contribution < 1.29 is 19.1 Å². The first kappa shape index (κ1) is 23.9. The Morgan fingerprint density at radius 2 is 1.65 bits per heavy atom. The summed E-state index contributed by atoms with van der Waals surface area (Å²) < 4.78 is 5.12. The van der Waals surface area contributed by atoms with Gasteiger partial charge in [-0.3, -0.25) is 9.59 Å². The van der Waals surface area contributed by atoms with Crippen LogP contribution in [0.4, 0.5) is 10.5 Å². The summed E-state index contributed by atoms with van der Waals surface area (Å²) in [6.07, 6.45) is 0.775. The van der Waals surface area contributed by atoms with Gasteiger partial charge in [-0.15, -0.1) is 0 Å². The van der Waals surface area contributed by atoms with E-state index in [4.69, 9.17) is 4.74 Å². The molecule has 0 aliphatic heterocycles. The lowest BCUT2D eigenvalue weighted by atomic mass is 10.1. The van der Waals surface area contributed by atoms with Crippen LogP contribution in [0.2, 0.25) is 0 Å². The minimum atomic E-state index is -0.499. The lowest BCUT2D eigenvalue weighted by molar-refractivity contribution is -0.121. The molecule has 0 bridgehead atoms. The fraction of sp³-hybridized carbons (Fsp3) is 0.375. The van der Waals surface area contributed by atoms with Crippen LogP contribution in [-0.4, -0.2) is 24.5 Å². The first-order valence-corrected chi connectivity index (χ1v) is 10.5. The second kappa shape index (κ2) is 13.1. The molecule has 0 heterocycles. The van der Waals surface area contributed by atoms with Gasteiger partial charge in [0.15, 0.2) is 0 Å². The van der Waals surface area contributed by atoms with Gasteiger partial charge in [-0.1, -0.05) is 56.3 Å². The molecule has 3 N–H and O–H groups in total. The van der Waals surface area contributed by atoms with Crippen LogP contribution < -0.4 is 16.0 Å². The van der Waals surface area contributed by atoms with Crippen LogP contribution in [0.15, 0.2) is 54.6 Å². The van der Waals surface area contributed by atoms with Crippen molar-refractivity contribution in [1.82, 2.24) is 10.6 Å². The molecule has 0 atom stereocenters. The van der Waals surface area contributed by atoms with Crippen LogP contribution in [0.3, 0.4) is 0 Å². The molecule has 0 spiro atoms. The van der Waals surface area contributed by atoms with Crippen LogP contribution in [0.1, 0.15) is 44.2 Å². The Morgan fingerprint density at radius 1 is 0.903 bits per heavy atom. The summed E-state index contributed by atoms with van der Waals surface area (Å²) in [4.78, 5) is 35.6. The predicted octanol–water partition coefficient (Wildman–Crippen LogP) is 3.99. The quantitative estimate of drug-likeness (QED) is 0.474. The van der Waals surface area contributed by atoms with Crippen LogP contribution in [0, 0.1) is 5.92 Å². The number of hydrogen-bond donors (Lipinski definition) is 3. The van der Waals surface area contributed by atoms with Crippen LogP contribution in [0.5, 0.6) is 0 Å². The van der Waals surface area contributed by atoms with Gasteiger partial charge in [0.1, 0.15) is 6.61 Å². The van der Waals surface area contributed by atoms with E-state index in [0.717, 1.165) is 16.8 Å². The molecule has 0 aliphatic carbocycles. The number of ether oxygens (including phenoxy) is 1. The average molecular weight is 426 g/mol. The van der Waals surface area contributed by atoms with Crippen LogP contribution >= 0.6 is 0 Å². The molecule has 0 saturated heterocycles. The molecule has 7 heteroatoms. The van der Waals surface area contributed by atoms with Crippen molar-refractivity contribution in [3.8, 4) is 0 Å². The van der Waals surface area contributed by atoms with Crippen molar-refractivity contribution in [3.63, 3.8) is 0 Å². The van der Waals surface area contributed by atoms with Gasteiger partial charge in [0.05, 0.1) is 0 Å². The van der Waals surface area contributed by atoms with Crippen molar-refractivity contribution in [1.29, 1.82) is 0 Å². The number of amides is 3. The second-order valence-electron chi connectivity index (χ2n) is 7.72. The molecule has 0 saturated carbocycles. The third kappa shape index (κ3) is 10.3. The molecule has 0 fully saturated rings.